The molecule has 0 radical (unpaired) electrons. The minimum absolute atomic E-state index is 0.0377. The van der Waals surface area contributed by atoms with Crippen LogP contribution in [0, 0.1) is 17.8 Å². The Hall–Kier alpha value is -3.45. The number of aromatic nitrogens is 1. The number of carbonyl (C=O) groups is 2. The zero-order chi connectivity index (χ0) is 27.1. The van der Waals surface area contributed by atoms with Gasteiger partial charge in [-0.05, 0) is 51.8 Å². The molecule has 0 bridgehead atoms. The Bertz CT molecular complexity index is 1160. The minimum Gasteiger partial charge on any atom is -0.478 e. The summed E-state index contributed by atoms with van der Waals surface area (Å²) in [7, 11) is 5.84. The molecule has 0 aliphatic carbocycles. The van der Waals surface area contributed by atoms with Gasteiger partial charge in [0.1, 0.15) is 11.7 Å². The molecule has 1 aliphatic heterocycles. The molecule has 198 valence electrons. The Morgan fingerprint density at radius 3 is 2.59 bits per heavy atom. The van der Waals surface area contributed by atoms with Gasteiger partial charge in [0.15, 0.2) is 0 Å². The number of aliphatic hydroxyl groups excluding tert-OH is 1. The molecular formula is C28H36N4O5. The van der Waals surface area contributed by atoms with E-state index in [0.29, 0.717) is 37.3 Å². The lowest BCUT2D eigenvalue weighted by Gasteiger charge is -2.37. The summed E-state index contributed by atoms with van der Waals surface area (Å²) in [6.07, 6.45) is 1.34. The van der Waals surface area contributed by atoms with Crippen molar-refractivity contribution in [3.8, 4) is 17.7 Å². The van der Waals surface area contributed by atoms with Crippen molar-refractivity contribution in [1.82, 2.24) is 19.7 Å². The number of carboxylic acids is 1. The summed E-state index contributed by atoms with van der Waals surface area (Å²) < 4.78 is 6.34. The second-order valence-corrected chi connectivity index (χ2v) is 9.94. The number of benzene rings is 1. The van der Waals surface area contributed by atoms with E-state index in [-0.39, 0.29) is 42.0 Å². The number of aromatic carboxylic acids is 1. The molecule has 37 heavy (non-hydrogen) atoms. The predicted octanol–water partition coefficient (Wildman–Crippen LogP) is 2.04. The van der Waals surface area contributed by atoms with Crippen LogP contribution in [0.1, 0.15) is 45.7 Å². The summed E-state index contributed by atoms with van der Waals surface area (Å²) in [5, 5.41) is 19.0. The van der Waals surface area contributed by atoms with Gasteiger partial charge >= 0.3 is 5.97 Å². The molecule has 9 heteroatoms. The third kappa shape index (κ3) is 7.52. The summed E-state index contributed by atoms with van der Waals surface area (Å²) >= 11 is 0. The van der Waals surface area contributed by atoms with Crippen LogP contribution in [0.25, 0.3) is 0 Å². The fourth-order valence-electron chi connectivity index (χ4n) is 4.12. The maximum atomic E-state index is 13.5. The molecule has 0 unspecified atom stereocenters. The molecule has 1 aromatic carbocycles. The summed E-state index contributed by atoms with van der Waals surface area (Å²) in [6.45, 7) is 5.86. The molecule has 0 saturated carbocycles. The maximum Gasteiger partial charge on any atom is 0.335 e. The molecule has 1 amide bonds. The largest absolute Gasteiger partial charge is 0.478 e. The number of aliphatic hydroxyl groups is 1. The predicted molar refractivity (Wildman–Crippen MR) is 141 cm³/mol. The number of rotatable bonds is 8. The van der Waals surface area contributed by atoms with Gasteiger partial charge in [0.05, 0.1) is 24.8 Å². The van der Waals surface area contributed by atoms with Crippen molar-refractivity contribution in [2.75, 3.05) is 47.4 Å². The van der Waals surface area contributed by atoms with Crippen molar-refractivity contribution >= 4 is 11.9 Å². The molecule has 1 aromatic heterocycles. The molecular weight excluding hydrogens is 472 g/mol. The van der Waals surface area contributed by atoms with E-state index in [2.05, 4.69) is 21.7 Å². The Labute approximate surface area is 218 Å². The number of amides is 1. The van der Waals surface area contributed by atoms with Crippen LogP contribution in [0.3, 0.4) is 0 Å². The molecule has 0 fully saturated rings. The van der Waals surface area contributed by atoms with Crippen LogP contribution in [-0.2, 0) is 6.54 Å². The van der Waals surface area contributed by atoms with Gasteiger partial charge in [-0.25, -0.2) is 9.78 Å². The second-order valence-electron chi connectivity index (χ2n) is 9.94. The van der Waals surface area contributed by atoms with Gasteiger partial charge in [0.25, 0.3) is 5.91 Å². The number of nitrogens with zero attached hydrogens (tertiary/aromatic N) is 4. The number of hydrogen-bond donors (Lipinski definition) is 2. The van der Waals surface area contributed by atoms with E-state index < -0.39 is 5.97 Å². The number of carboxylic acid groups (broad SMARTS) is 1. The number of carbonyl (C=O) groups excluding carboxylic acids is 1. The van der Waals surface area contributed by atoms with E-state index in [9.17, 15) is 14.7 Å². The lowest BCUT2D eigenvalue weighted by Crippen LogP contribution is -2.49. The van der Waals surface area contributed by atoms with Crippen molar-refractivity contribution < 1.29 is 24.5 Å². The van der Waals surface area contributed by atoms with Crippen molar-refractivity contribution in [2.45, 2.75) is 32.5 Å². The molecule has 1 aliphatic rings. The lowest BCUT2D eigenvalue weighted by molar-refractivity contribution is 0.0325. The minimum atomic E-state index is -0.953. The first-order valence-electron chi connectivity index (χ1n) is 12.3. The lowest BCUT2D eigenvalue weighted by atomic mass is 9.99. The topological polar surface area (TPSA) is 106 Å². The zero-order valence-electron chi connectivity index (χ0n) is 22.1. The third-order valence-corrected chi connectivity index (χ3v) is 6.29. The average molecular weight is 509 g/mol. The number of pyridine rings is 1. The number of hydrogen-bond acceptors (Lipinski definition) is 7. The highest BCUT2D eigenvalue weighted by Crippen LogP contribution is 2.27. The van der Waals surface area contributed by atoms with Gasteiger partial charge in [0, 0.05) is 37.3 Å². The molecule has 3 rings (SSSR count). The Balaban J connectivity index is 1.86. The van der Waals surface area contributed by atoms with Gasteiger partial charge in [-0.15, -0.1) is 0 Å². The van der Waals surface area contributed by atoms with Gasteiger partial charge in [-0.2, -0.15) is 0 Å². The fourth-order valence-corrected chi connectivity index (χ4v) is 4.12. The average Bonchev–Trinajstić information content (AvgIpc) is 2.86. The van der Waals surface area contributed by atoms with E-state index in [1.54, 1.807) is 41.4 Å². The van der Waals surface area contributed by atoms with Gasteiger partial charge in [-0.1, -0.05) is 30.9 Å². The third-order valence-electron chi connectivity index (χ3n) is 6.29. The van der Waals surface area contributed by atoms with Crippen LogP contribution >= 0.6 is 0 Å². The van der Waals surface area contributed by atoms with E-state index in [0.717, 1.165) is 5.56 Å². The first-order valence-corrected chi connectivity index (χ1v) is 12.3. The highest BCUT2D eigenvalue weighted by Gasteiger charge is 2.34. The van der Waals surface area contributed by atoms with Gasteiger partial charge < -0.3 is 19.8 Å². The van der Waals surface area contributed by atoms with Crippen LogP contribution in [0.4, 0.5) is 0 Å². The van der Waals surface area contributed by atoms with Crippen molar-refractivity contribution in [3.63, 3.8) is 0 Å². The molecule has 2 heterocycles. The smallest absolute Gasteiger partial charge is 0.335 e. The molecule has 2 N–H and O–H groups in total. The summed E-state index contributed by atoms with van der Waals surface area (Å²) in [5.74, 6) is 5.15. The molecule has 0 spiro atoms. The highest BCUT2D eigenvalue weighted by molar-refractivity contribution is 5.97. The van der Waals surface area contributed by atoms with Crippen LogP contribution in [-0.4, -0.2) is 101 Å². The SMILES string of the molecule is C[C@H](CO)N1C[C@H](C)[C@H](CN(C)Cc2ccc(C(=O)O)cc2)Oc2ncc(C#CCN(C)C)cc2C1=O. The summed E-state index contributed by atoms with van der Waals surface area (Å²) in [6, 6.07) is 8.16. The molecule has 0 saturated heterocycles. The van der Waals surface area contributed by atoms with E-state index in [1.165, 1.54) is 0 Å². The molecule has 3 atom stereocenters. The van der Waals surface area contributed by atoms with Crippen LogP contribution in [0.2, 0.25) is 0 Å². The number of likely N-dealkylation sites (N-methyl/N-ethyl adjacent to an activating group) is 1. The molecule has 9 nitrogen and oxygen atoms in total. The Morgan fingerprint density at radius 2 is 1.97 bits per heavy atom. The van der Waals surface area contributed by atoms with Crippen LogP contribution in [0.15, 0.2) is 36.5 Å². The quantitative estimate of drug-likeness (QED) is 0.522. The standard InChI is InChI=1S/C28H36N4O5/c1-19-15-32(20(2)18-33)27(34)24-13-22(7-6-12-30(3)4)14-29-26(24)37-25(19)17-31(5)16-21-8-10-23(11-9-21)28(35)36/h8-11,13-14,19-20,25,33H,12,15-18H2,1-5H3,(H,35,36)/t19-,20+,25-/m0/s1. The first-order chi connectivity index (χ1) is 17.6. The van der Waals surface area contributed by atoms with Crippen molar-refractivity contribution in [1.29, 1.82) is 0 Å². The summed E-state index contributed by atoms with van der Waals surface area (Å²) in [4.78, 5) is 34.8. The number of ether oxygens (including phenoxy) is 1. The maximum absolute atomic E-state index is 13.5. The Morgan fingerprint density at radius 1 is 1.27 bits per heavy atom. The zero-order valence-corrected chi connectivity index (χ0v) is 22.1. The molecule has 2 aromatic rings. The first kappa shape index (κ1) is 28.1. The number of fused-ring (bicyclic) bond motifs is 1. The van der Waals surface area contributed by atoms with Gasteiger partial charge in [0.2, 0.25) is 5.88 Å². The van der Waals surface area contributed by atoms with E-state index in [4.69, 9.17) is 9.84 Å². The monoisotopic (exact) mass is 508 g/mol. The van der Waals surface area contributed by atoms with E-state index >= 15 is 0 Å². The van der Waals surface area contributed by atoms with Crippen molar-refractivity contribution in [3.05, 3.63) is 58.8 Å². The highest BCUT2D eigenvalue weighted by atomic mass is 16.5. The second kappa shape index (κ2) is 12.7. The summed E-state index contributed by atoms with van der Waals surface area (Å²) in [5.41, 5.74) is 2.19. The van der Waals surface area contributed by atoms with Crippen LogP contribution in [0.5, 0.6) is 5.88 Å². The Kier molecular flexibility index (Phi) is 9.64. The fraction of sp³-hybridized carbons (Fsp3) is 0.464. The van der Waals surface area contributed by atoms with E-state index in [1.807, 2.05) is 39.9 Å². The van der Waals surface area contributed by atoms with Crippen LogP contribution < -0.4 is 4.74 Å². The normalized spacial score (nSPS) is 18.4. The van der Waals surface area contributed by atoms with Crippen molar-refractivity contribution in [2.24, 2.45) is 5.92 Å². The van der Waals surface area contributed by atoms with Gasteiger partial charge in [-0.3, -0.25) is 14.6 Å².